The Bertz CT molecular complexity index is 1660. The average molecular weight is 568 g/mol. The molecular weight excluding hydrogens is 538 g/mol. The van der Waals surface area contributed by atoms with Crippen LogP contribution < -0.4 is 15.1 Å². The molecule has 9 heteroatoms. The molecule has 4 aromatic rings. The lowest BCUT2D eigenvalue weighted by atomic mass is 9.99. The van der Waals surface area contributed by atoms with Gasteiger partial charge < -0.3 is 9.15 Å². The molecule has 204 valence electrons. The average Bonchev–Trinajstić information content (AvgIpc) is 2.91. The monoisotopic (exact) mass is 567 g/mol. The van der Waals surface area contributed by atoms with E-state index in [1.54, 1.807) is 25.1 Å². The van der Waals surface area contributed by atoms with Crippen LogP contribution in [0, 0.1) is 19.8 Å². The van der Waals surface area contributed by atoms with E-state index in [9.17, 15) is 18.0 Å². The van der Waals surface area contributed by atoms with Crippen molar-refractivity contribution >= 4 is 38.6 Å². The molecule has 3 aromatic carbocycles. The number of hydrogen-bond donors (Lipinski definition) is 1. The molecule has 39 heavy (non-hydrogen) atoms. The van der Waals surface area contributed by atoms with E-state index in [2.05, 4.69) is 4.72 Å². The highest BCUT2D eigenvalue weighted by Crippen LogP contribution is 2.33. The summed E-state index contributed by atoms with van der Waals surface area (Å²) in [5.74, 6) is -1.23. The van der Waals surface area contributed by atoms with Crippen LogP contribution in [0.1, 0.15) is 42.5 Å². The summed E-state index contributed by atoms with van der Waals surface area (Å²) in [6.07, 6.45) is 0.914. The zero-order chi connectivity index (χ0) is 28.3. The van der Waals surface area contributed by atoms with Gasteiger partial charge in [0.05, 0.1) is 9.92 Å². The van der Waals surface area contributed by atoms with Crippen molar-refractivity contribution in [2.75, 3.05) is 0 Å². The van der Waals surface area contributed by atoms with E-state index in [0.29, 0.717) is 29.4 Å². The van der Waals surface area contributed by atoms with Crippen LogP contribution >= 0.6 is 11.6 Å². The molecular formula is C30H30ClNO6S. The maximum Gasteiger partial charge on any atom is 0.340 e. The van der Waals surface area contributed by atoms with Gasteiger partial charge in [0.15, 0.2) is 5.75 Å². The Morgan fingerprint density at radius 3 is 2.36 bits per heavy atom. The topological polar surface area (TPSA) is 103 Å². The van der Waals surface area contributed by atoms with Crippen LogP contribution in [-0.4, -0.2) is 20.4 Å². The Balaban J connectivity index is 1.63. The van der Waals surface area contributed by atoms with Gasteiger partial charge in [-0.2, -0.15) is 4.72 Å². The normalized spacial score (nSPS) is 13.3. The van der Waals surface area contributed by atoms with Gasteiger partial charge in [-0.25, -0.2) is 18.0 Å². The Kier molecular flexibility index (Phi) is 8.59. The summed E-state index contributed by atoms with van der Waals surface area (Å²) in [4.78, 5) is 26.1. The van der Waals surface area contributed by atoms with Crippen LogP contribution in [0.4, 0.5) is 0 Å². The van der Waals surface area contributed by atoms with Crippen molar-refractivity contribution in [2.24, 2.45) is 5.92 Å². The highest BCUT2D eigenvalue weighted by molar-refractivity contribution is 7.89. The van der Waals surface area contributed by atoms with Gasteiger partial charge in [-0.15, -0.1) is 0 Å². The van der Waals surface area contributed by atoms with Gasteiger partial charge >= 0.3 is 11.6 Å². The zero-order valence-corrected chi connectivity index (χ0v) is 23.7. The Hall–Kier alpha value is -3.46. The molecule has 0 aliphatic heterocycles. The van der Waals surface area contributed by atoms with E-state index < -0.39 is 27.7 Å². The van der Waals surface area contributed by atoms with Gasteiger partial charge in [0.1, 0.15) is 11.6 Å². The number of carbonyl (C=O) groups excluding carboxylic acids is 1. The van der Waals surface area contributed by atoms with Crippen molar-refractivity contribution in [3.63, 3.8) is 0 Å². The first-order valence-electron chi connectivity index (χ1n) is 12.6. The van der Waals surface area contributed by atoms with Crippen molar-refractivity contribution in [1.82, 2.24) is 4.72 Å². The largest absolute Gasteiger partial charge is 0.424 e. The molecule has 4 rings (SSSR count). The first-order valence-corrected chi connectivity index (χ1v) is 14.5. The molecule has 0 saturated carbocycles. The van der Waals surface area contributed by atoms with E-state index in [1.807, 2.05) is 51.1 Å². The highest BCUT2D eigenvalue weighted by atomic mass is 35.5. The van der Waals surface area contributed by atoms with Crippen molar-refractivity contribution in [2.45, 2.75) is 51.5 Å². The molecule has 7 nitrogen and oxygen atoms in total. The fraction of sp³-hybridized carbons (Fsp3) is 0.267. The van der Waals surface area contributed by atoms with Crippen LogP contribution in [-0.2, 0) is 21.2 Å². The maximum absolute atomic E-state index is 13.3. The SMILES string of the molecule is CC[C@H](C)[C@H](NS(=O)(=O)c1ccc(C)cc1)C(=O)Oc1cc2oc(=O)c(Cc3ccccc3)c(C)c2cc1Cl. The minimum Gasteiger partial charge on any atom is -0.424 e. The molecule has 0 aliphatic carbocycles. The van der Waals surface area contributed by atoms with Crippen molar-refractivity contribution in [3.8, 4) is 5.75 Å². The summed E-state index contributed by atoms with van der Waals surface area (Å²) in [5.41, 5.74) is 2.82. The molecule has 0 aliphatic rings. The molecule has 2 atom stereocenters. The quantitative estimate of drug-likeness (QED) is 0.152. The summed E-state index contributed by atoms with van der Waals surface area (Å²) < 4.78 is 39.7. The molecule has 1 heterocycles. The second-order valence-corrected chi connectivity index (χ2v) is 11.8. The fourth-order valence-electron chi connectivity index (χ4n) is 4.23. The Morgan fingerprint density at radius 1 is 1.05 bits per heavy atom. The van der Waals surface area contributed by atoms with Gasteiger partial charge in [-0.05, 0) is 49.1 Å². The molecule has 1 N–H and O–H groups in total. The summed E-state index contributed by atoms with van der Waals surface area (Å²) in [7, 11) is -4.00. The number of fused-ring (bicyclic) bond motifs is 1. The van der Waals surface area contributed by atoms with Crippen LogP contribution in [0.15, 0.2) is 80.8 Å². The maximum atomic E-state index is 13.3. The number of ether oxygens (including phenoxy) is 1. The van der Waals surface area contributed by atoms with Crippen LogP contribution in [0.2, 0.25) is 5.02 Å². The minimum atomic E-state index is -4.00. The van der Waals surface area contributed by atoms with E-state index in [-0.39, 0.29) is 27.2 Å². The lowest BCUT2D eigenvalue weighted by molar-refractivity contribution is -0.137. The van der Waals surface area contributed by atoms with Gasteiger partial charge in [-0.3, -0.25) is 0 Å². The minimum absolute atomic E-state index is 0.0321. The van der Waals surface area contributed by atoms with Crippen LogP contribution in [0.3, 0.4) is 0 Å². The van der Waals surface area contributed by atoms with E-state index in [1.165, 1.54) is 18.2 Å². The number of sulfonamides is 1. The summed E-state index contributed by atoms with van der Waals surface area (Å²) in [5, 5.41) is 0.742. The number of halogens is 1. The smallest absolute Gasteiger partial charge is 0.340 e. The van der Waals surface area contributed by atoms with Crippen molar-refractivity contribution in [1.29, 1.82) is 0 Å². The third-order valence-electron chi connectivity index (χ3n) is 6.85. The lowest BCUT2D eigenvalue weighted by Crippen LogP contribution is -2.46. The second-order valence-electron chi connectivity index (χ2n) is 9.65. The predicted molar refractivity (Wildman–Crippen MR) is 152 cm³/mol. The Labute approximate surface area is 232 Å². The molecule has 0 amide bonds. The third-order valence-corrected chi connectivity index (χ3v) is 8.61. The molecule has 0 bridgehead atoms. The number of nitrogens with one attached hydrogen (secondary N) is 1. The summed E-state index contributed by atoms with van der Waals surface area (Å²) in [6.45, 7) is 7.27. The van der Waals surface area contributed by atoms with Gasteiger partial charge in [0.25, 0.3) is 0 Å². The number of carbonyl (C=O) groups is 1. The highest BCUT2D eigenvalue weighted by Gasteiger charge is 2.32. The molecule has 0 fully saturated rings. The molecule has 0 radical (unpaired) electrons. The van der Waals surface area contributed by atoms with E-state index >= 15 is 0 Å². The van der Waals surface area contributed by atoms with E-state index in [4.69, 9.17) is 20.8 Å². The first kappa shape index (κ1) is 28.5. The summed E-state index contributed by atoms with van der Waals surface area (Å²) >= 11 is 6.50. The molecule has 0 unspecified atom stereocenters. The molecule has 0 spiro atoms. The summed E-state index contributed by atoms with van der Waals surface area (Å²) in [6, 6.07) is 17.7. The molecule has 1 aromatic heterocycles. The van der Waals surface area contributed by atoms with Gasteiger partial charge in [0, 0.05) is 23.4 Å². The predicted octanol–water partition coefficient (Wildman–Crippen LogP) is 5.95. The zero-order valence-electron chi connectivity index (χ0n) is 22.2. The number of rotatable bonds is 9. The van der Waals surface area contributed by atoms with Crippen LogP contribution in [0.25, 0.3) is 11.0 Å². The Morgan fingerprint density at radius 2 is 1.72 bits per heavy atom. The lowest BCUT2D eigenvalue weighted by Gasteiger charge is -2.23. The van der Waals surface area contributed by atoms with Gasteiger partial charge in [-0.1, -0.05) is 79.9 Å². The van der Waals surface area contributed by atoms with Crippen LogP contribution in [0.5, 0.6) is 5.75 Å². The van der Waals surface area contributed by atoms with Crippen molar-refractivity contribution in [3.05, 3.63) is 104 Å². The fourth-order valence-corrected chi connectivity index (χ4v) is 5.72. The van der Waals surface area contributed by atoms with Gasteiger partial charge in [0.2, 0.25) is 10.0 Å². The van der Waals surface area contributed by atoms with Crippen molar-refractivity contribution < 1.29 is 22.4 Å². The third kappa shape index (κ3) is 6.41. The standard InChI is InChI=1S/C30H30ClNO6S/c1-5-19(3)28(32-39(35,36)22-13-11-18(2)12-14-22)30(34)38-27-17-26-23(16-25(27)31)20(4)24(29(33)37-26)15-21-9-7-6-8-10-21/h6-14,16-17,19,28,32H,5,15H2,1-4H3/t19-,28-/m0/s1. The second kappa shape index (κ2) is 11.7. The number of esters is 1. The number of aryl methyl sites for hydroxylation is 2. The molecule has 0 saturated heterocycles. The number of benzene rings is 3. The van der Waals surface area contributed by atoms with E-state index in [0.717, 1.165) is 11.1 Å². The number of hydrogen-bond acceptors (Lipinski definition) is 6. The first-order chi connectivity index (χ1) is 18.5.